The molecule has 0 spiro atoms. The summed E-state index contributed by atoms with van der Waals surface area (Å²) < 4.78 is 47.4. The molecular weight excluding hydrogens is 482 g/mol. The monoisotopic (exact) mass is 512 g/mol. The molecule has 2 unspecified atom stereocenters. The van der Waals surface area contributed by atoms with E-state index in [0.717, 1.165) is 12.5 Å². The summed E-state index contributed by atoms with van der Waals surface area (Å²) >= 11 is 0. The summed E-state index contributed by atoms with van der Waals surface area (Å²) in [6.45, 7) is 2.90. The summed E-state index contributed by atoms with van der Waals surface area (Å²) in [4.78, 5) is 21.0. The standard InChI is InChI=1S/C27H30F2N4O4/c1-27(15-18(30)7-9-37-27)14-17-12-20(36-11-10-35-2)13-22(29)24(17)25-21(28)5-6-23(33-25)26(34)32-19-4-3-8-31-16-19/h3-6,8,12-13,16,18H,7,9-11,14-15,30H2,1-2H3,(H,32,34). The quantitative estimate of drug-likeness (QED) is 0.415. The third-order valence-electron chi connectivity index (χ3n) is 6.13. The van der Waals surface area contributed by atoms with Crippen molar-refractivity contribution in [3.05, 3.63) is 71.7 Å². The van der Waals surface area contributed by atoms with Gasteiger partial charge in [-0.3, -0.25) is 9.78 Å². The van der Waals surface area contributed by atoms with E-state index in [2.05, 4.69) is 15.3 Å². The predicted octanol–water partition coefficient (Wildman–Crippen LogP) is 4.14. The number of halogens is 2. The van der Waals surface area contributed by atoms with E-state index in [1.807, 2.05) is 6.92 Å². The highest BCUT2D eigenvalue weighted by Gasteiger charge is 2.34. The van der Waals surface area contributed by atoms with Crippen LogP contribution in [-0.4, -0.2) is 54.4 Å². The molecule has 3 heterocycles. The fraction of sp³-hybridized carbons (Fsp3) is 0.370. The van der Waals surface area contributed by atoms with E-state index in [9.17, 15) is 4.79 Å². The van der Waals surface area contributed by atoms with Gasteiger partial charge in [0.1, 0.15) is 35.4 Å². The van der Waals surface area contributed by atoms with Crippen LogP contribution in [0.4, 0.5) is 14.5 Å². The fourth-order valence-corrected chi connectivity index (χ4v) is 4.44. The minimum Gasteiger partial charge on any atom is -0.491 e. The molecule has 2 aromatic heterocycles. The summed E-state index contributed by atoms with van der Waals surface area (Å²) in [6, 6.07) is 8.42. The zero-order chi connectivity index (χ0) is 26.4. The average molecular weight is 513 g/mol. The summed E-state index contributed by atoms with van der Waals surface area (Å²) in [7, 11) is 1.54. The lowest BCUT2D eigenvalue weighted by Gasteiger charge is -2.37. The molecular formula is C27H30F2N4O4. The number of methoxy groups -OCH3 is 1. The van der Waals surface area contributed by atoms with E-state index >= 15 is 8.78 Å². The van der Waals surface area contributed by atoms with Crippen LogP contribution in [0.1, 0.15) is 35.8 Å². The van der Waals surface area contributed by atoms with Gasteiger partial charge in [0, 0.05) is 44.0 Å². The van der Waals surface area contributed by atoms with Crippen molar-refractivity contribution in [3.8, 4) is 17.0 Å². The second-order valence-electron chi connectivity index (χ2n) is 9.23. The number of carbonyl (C=O) groups is 1. The molecule has 1 fully saturated rings. The Kier molecular flexibility index (Phi) is 8.42. The molecule has 0 bridgehead atoms. The van der Waals surface area contributed by atoms with Gasteiger partial charge < -0.3 is 25.3 Å². The van der Waals surface area contributed by atoms with Crippen molar-refractivity contribution in [3.63, 3.8) is 0 Å². The minimum atomic E-state index is -0.766. The van der Waals surface area contributed by atoms with E-state index in [1.54, 1.807) is 24.4 Å². The first-order chi connectivity index (χ1) is 17.8. The number of amides is 1. The van der Waals surface area contributed by atoms with Crippen LogP contribution in [0.25, 0.3) is 11.3 Å². The van der Waals surface area contributed by atoms with Gasteiger partial charge in [0.05, 0.1) is 24.1 Å². The highest BCUT2D eigenvalue weighted by molar-refractivity contribution is 6.03. The lowest BCUT2D eigenvalue weighted by atomic mass is 9.84. The first-order valence-corrected chi connectivity index (χ1v) is 12.0. The number of nitrogens with two attached hydrogens (primary N) is 1. The Morgan fingerprint density at radius 2 is 2.08 bits per heavy atom. The Hall–Kier alpha value is -3.47. The minimum absolute atomic E-state index is 0.0587. The molecule has 1 saturated heterocycles. The third kappa shape index (κ3) is 6.65. The summed E-state index contributed by atoms with van der Waals surface area (Å²) in [5, 5.41) is 2.65. The maximum atomic E-state index is 15.6. The normalized spacial score (nSPS) is 19.4. The van der Waals surface area contributed by atoms with Gasteiger partial charge in [-0.15, -0.1) is 0 Å². The Bertz CT molecular complexity index is 1240. The Labute approximate surface area is 214 Å². The largest absolute Gasteiger partial charge is 0.491 e. The number of nitrogens with zero attached hydrogens (tertiary/aromatic N) is 2. The number of benzene rings is 1. The van der Waals surface area contributed by atoms with E-state index < -0.39 is 23.1 Å². The number of carbonyl (C=O) groups excluding carboxylic acids is 1. The number of nitrogens with one attached hydrogen (secondary N) is 1. The first kappa shape index (κ1) is 26.6. The number of hydrogen-bond donors (Lipinski definition) is 2. The Morgan fingerprint density at radius 3 is 2.81 bits per heavy atom. The van der Waals surface area contributed by atoms with Crippen LogP contribution in [-0.2, 0) is 15.9 Å². The lowest BCUT2D eigenvalue weighted by Crippen LogP contribution is -2.44. The summed E-state index contributed by atoms with van der Waals surface area (Å²) in [5.74, 6) is -1.81. The zero-order valence-corrected chi connectivity index (χ0v) is 20.8. The molecule has 0 saturated carbocycles. The topological polar surface area (TPSA) is 109 Å². The molecule has 1 aromatic carbocycles. The molecule has 196 valence electrons. The van der Waals surface area contributed by atoms with Gasteiger partial charge in [-0.25, -0.2) is 13.8 Å². The van der Waals surface area contributed by atoms with E-state index in [1.165, 1.54) is 25.4 Å². The van der Waals surface area contributed by atoms with Gasteiger partial charge >= 0.3 is 0 Å². The third-order valence-corrected chi connectivity index (χ3v) is 6.13. The smallest absolute Gasteiger partial charge is 0.274 e. The highest BCUT2D eigenvalue weighted by Crippen LogP contribution is 2.36. The van der Waals surface area contributed by atoms with Crippen molar-refractivity contribution in [2.24, 2.45) is 5.73 Å². The molecule has 0 radical (unpaired) electrons. The zero-order valence-electron chi connectivity index (χ0n) is 20.8. The van der Waals surface area contributed by atoms with Crippen molar-refractivity contribution in [1.29, 1.82) is 0 Å². The molecule has 1 aliphatic rings. The van der Waals surface area contributed by atoms with E-state index in [-0.39, 0.29) is 41.8 Å². The molecule has 4 rings (SSSR count). The van der Waals surface area contributed by atoms with Crippen molar-refractivity contribution in [2.75, 3.05) is 32.2 Å². The highest BCUT2D eigenvalue weighted by atomic mass is 19.1. The molecule has 2 atom stereocenters. The van der Waals surface area contributed by atoms with Crippen molar-refractivity contribution < 1.29 is 27.8 Å². The Morgan fingerprint density at radius 1 is 1.24 bits per heavy atom. The first-order valence-electron chi connectivity index (χ1n) is 12.0. The molecule has 3 aromatic rings. The Balaban J connectivity index is 1.73. The van der Waals surface area contributed by atoms with Crippen LogP contribution >= 0.6 is 0 Å². The number of pyridine rings is 2. The molecule has 8 nitrogen and oxygen atoms in total. The number of aromatic nitrogens is 2. The van der Waals surface area contributed by atoms with E-state index in [0.29, 0.717) is 30.9 Å². The second kappa shape index (κ2) is 11.7. The molecule has 1 amide bonds. The van der Waals surface area contributed by atoms with E-state index in [4.69, 9.17) is 19.9 Å². The van der Waals surface area contributed by atoms with Crippen molar-refractivity contribution in [1.82, 2.24) is 9.97 Å². The summed E-state index contributed by atoms with van der Waals surface area (Å²) in [6.07, 6.45) is 4.55. The van der Waals surface area contributed by atoms with Gasteiger partial charge in [0.25, 0.3) is 5.91 Å². The predicted molar refractivity (Wildman–Crippen MR) is 134 cm³/mol. The van der Waals surface area contributed by atoms with Crippen LogP contribution in [0.3, 0.4) is 0 Å². The number of rotatable bonds is 9. The maximum Gasteiger partial charge on any atom is 0.274 e. The molecule has 37 heavy (non-hydrogen) atoms. The molecule has 1 aliphatic heterocycles. The fourth-order valence-electron chi connectivity index (χ4n) is 4.44. The van der Waals surface area contributed by atoms with Gasteiger partial charge in [0.15, 0.2) is 0 Å². The maximum absolute atomic E-state index is 15.6. The van der Waals surface area contributed by atoms with Crippen molar-refractivity contribution >= 4 is 11.6 Å². The SMILES string of the molecule is COCCOc1cc(F)c(-c2nc(C(=O)Nc3cccnc3)ccc2F)c(CC2(C)CC(N)CCO2)c1. The van der Waals surface area contributed by atoms with Crippen LogP contribution in [0.15, 0.2) is 48.8 Å². The second-order valence-corrected chi connectivity index (χ2v) is 9.23. The van der Waals surface area contributed by atoms with Crippen LogP contribution in [0.2, 0.25) is 0 Å². The van der Waals surface area contributed by atoms with Gasteiger partial charge in [-0.1, -0.05) is 0 Å². The average Bonchev–Trinajstić information content (AvgIpc) is 2.85. The number of anilines is 1. The molecule has 3 N–H and O–H groups in total. The van der Waals surface area contributed by atoms with Crippen LogP contribution in [0.5, 0.6) is 5.75 Å². The number of ether oxygens (including phenoxy) is 3. The van der Waals surface area contributed by atoms with Crippen LogP contribution < -0.4 is 15.8 Å². The van der Waals surface area contributed by atoms with Crippen LogP contribution in [0, 0.1) is 11.6 Å². The van der Waals surface area contributed by atoms with Gasteiger partial charge in [-0.05, 0) is 55.7 Å². The summed E-state index contributed by atoms with van der Waals surface area (Å²) in [5.41, 5.74) is 5.95. The van der Waals surface area contributed by atoms with Gasteiger partial charge in [0.2, 0.25) is 0 Å². The molecule has 0 aliphatic carbocycles. The number of hydrogen-bond acceptors (Lipinski definition) is 7. The molecule has 10 heteroatoms. The van der Waals surface area contributed by atoms with Gasteiger partial charge in [-0.2, -0.15) is 0 Å². The lowest BCUT2D eigenvalue weighted by molar-refractivity contribution is -0.0706. The van der Waals surface area contributed by atoms with Crippen molar-refractivity contribution in [2.45, 2.75) is 37.8 Å².